The van der Waals surface area contributed by atoms with Gasteiger partial charge in [-0.25, -0.2) is 4.98 Å². The fraction of sp³-hybridized carbons (Fsp3) is 0.615. The number of hydrogen-bond donors (Lipinski definition) is 0. The minimum atomic E-state index is 0.109. The van der Waals surface area contributed by atoms with Gasteiger partial charge in [0, 0.05) is 32.1 Å². The van der Waals surface area contributed by atoms with Gasteiger partial charge in [0.05, 0.1) is 23.8 Å². The van der Waals surface area contributed by atoms with E-state index >= 15 is 0 Å². The molecule has 0 N–H and O–H groups in total. The largest absolute Gasteiger partial charge is 0.375 e. The Bertz CT molecular complexity index is 520. The average molecular weight is 312 g/mol. The summed E-state index contributed by atoms with van der Waals surface area (Å²) in [6, 6.07) is 0. The molecule has 3 rings (SSSR count). The Morgan fingerprint density at radius 1 is 1.60 bits per heavy atom. The maximum atomic E-state index is 12.1. The van der Waals surface area contributed by atoms with Crippen molar-refractivity contribution in [3.05, 3.63) is 10.6 Å². The van der Waals surface area contributed by atoms with Crippen LogP contribution >= 0.6 is 23.1 Å². The van der Waals surface area contributed by atoms with E-state index in [0.29, 0.717) is 31.9 Å². The summed E-state index contributed by atoms with van der Waals surface area (Å²) in [6.07, 6.45) is 1.35. The maximum absolute atomic E-state index is 12.1. The summed E-state index contributed by atoms with van der Waals surface area (Å²) in [7, 11) is 0. The molecule has 20 heavy (non-hydrogen) atoms. The summed E-state index contributed by atoms with van der Waals surface area (Å²) in [5, 5.41) is 0.901. The molecule has 5 nitrogen and oxygen atoms in total. The maximum Gasteiger partial charge on any atom is 0.229 e. The molecular formula is C13H16N2O3S2. The molecule has 0 radical (unpaired) electrons. The number of thioether (sulfide) groups is 1. The predicted octanol–water partition coefficient (Wildman–Crippen LogP) is 1.85. The van der Waals surface area contributed by atoms with Crippen molar-refractivity contribution in [1.29, 1.82) is 0 Å². The number of ether oxygens (including phenoxy) is 1. The quantitative estimate of drug-likeness (QED) is 0.852. The highest BCUT2D eigenvalue weighted by Crippen LogP contribution is 2.34. The van der Waals surface area contributed by atoms with Crippen LogP contribution in [0.5, 0.6) is 0 Å². The van der Waals surface area contributed by atoms with Gasteiger partial charge < -0.3 is 4.74 Å². The zero-order valence-electron chi connectivity index (χ0n) is 11.3. The van der Waals surface area contributed by atoms with Gasteiger partial charge in [-0.1, -0.05) is 23.1 Å². The van der Waals surface area contributed by atoms with E-state index in [1.807, 2.05) is 0 Å². The van der Waals surface area contributed by atoms with Gasteiger partial charge in [0.2, 0.25) is 5.91 Å². The Hall–Kier alpha value is -0.920. The molecule has 0 bridgehead atoms. The number of nitrogens with zero attached hydrogens (tertiary/aromatic N) is 2. The molecule has 2 aliphatic heterocycles. The number of amides is 1. The fourth-order valence-electron chi connectivity index (χ4n) is 2.44. The number of thiazole rings is 1. The van der Waals surface area contributed by atoms with Gasteiger partial charge in [-0.05, 0) is 5.92 Å². The zero-order valence-corrected chi connectivity index (χ0v) is 12.9. The molecule has 1 aromatic rings. The molecule has 108 valence electrons. The zero-order chi connectivity index (χ0) is 14.1. The van der Waals surface area contributed by atoms with Crippen LogP contribution < -0.4 is 4.90 Å². The molecule has 1 fully saturated rings. The molecule has 1 aromatic heterocycles. The van der Waals surface area contributed by atoms with E-state index < -0.39 is 0 Å². The second-order valence-electron chi connectivity index (χ2n) is 5.05. The molecule has 1 amide bonds. The smallest absolute Gasteiger partial charge is 0.229 e. The van der Waals surface area contributed by atoms with E-state index in [1.165, 1.54) is 11.8 Å². The molecule has 0 spiro atoms. The lowest BCUT2D eigenvalue weighted by Crippen LogP contribution is -2.24. The number of carbonyl (C=O) groups excluding carboxylic acids is 2. The topological polar surface area (TPSA) is 59.5 Å². The van der Waals surface area contributed by atoms with Crippen molar-refractivity contribution in [2.75, 3.05) is 23.8 Å². The molecule has 2 aliphatic rings. The molecule has 0 aromatic carbocycles. The molecule has 0 aliphatic carbocycles. The number of aromatic nitrogens is 1. The van der Waals surface area contributed by atoms with Gasteiger partial charge in [-0.3, -0.25) is 14.5 Å². The van der Waals surface area contributed by atoms with Crippen molar-refractivity contribution in [1.82, 2.24) is 4.98 Å². The van der Waals surface area contributed by atoms with Crippen LogP contribution in [0.4, 0.5) is 5.13 Å². The highest BCUT2D eigenvalue weighted by molar-refractivity contribution is 8.13. The van der Waals surface area contributed by atoms with Gasteiger partial charge in [-0.2, -0.15) is 0 Å². The summed E-state index contributed by atoms with van der Waals surface area (Å²) in [6.45, 7) is 3.56. The van der Waals surface area contributed by atoms with E-state index in [-0.39, 0.29) is 16.9 Å². The third-order valence-corrected chi connectivity index (χ3v) is 5.58. The Morgan fingerprint density at radius 3 is 3.20 bits per heavy atom. The Balaban J connectivity index is 1.69. The lowest BCUT2D eigenvalue weighted by Gasteiger charge is -2.12. The highest BCUT2D eigenvalue weighted by atomic mass is 32.2. The second-order valence-corrected chi connectivity index (χ2v) is 7.30. The van der Waals surface area contributed by atoms with Crippen LogP contribution in [-0.4, -0.2) is 34.9 Å². The van der Waals surface area contributed by atoms with Crippen LogP contribution in [0.25, 0.3) is 0 Å². The summed E-state index contributed by atoms with van der Waals surface area (Å²) in [4.78, 5) is 30.6. The first kappa shape index (κ1) is 14.0. The Morgan fingerprint density at radius 2 is 2.45 bits per heavy atom. The van der Waals surface area contributed by atoms with Crippen molar-refractivity contribution < 1.29 is 14.3 Å². The third kappa shape index (κ3) is 2.89. The Kier molecular flexibility index (Phi) is 4.09. The summed E-state index contributed by atoms with van der Waals surface area (Å²) in [5.74, 6) is 1.07. The van der Waals surface area contributed by atoms with Crippen molar-refractivity contribution >= 4 is 39.3 Å². The molecular weight excluding hydrogens is 296 g/mol. The minimum absolute atomic E-state index is 0.109. The molecule has 1 atom stereocenters. The van der Waals surface area contributed by atoms with Gasteiger partial charge in [0.15, 0.2) is 10.2 Å². The molecule has 7 heteroatoms. The van der Waals surface area contributed by atoms with E-state index in [2.05, 4.69) is 4.98 Å². The first-order valence-corrected chi connectivity index (χ1v) is 8.43. The second kappa shape index (κ2) is 5.83. The average Bonchev–Trinajstić information content (AvgIpc) is 2.99. The van der Waals surface area contributed by atoms with Crippen LogP contribution in [0.2, 0.25) is 0 Å². The van der Waals surface area contributed by atoms with Crippen LogP contribution in [0.15, 0.2) is 0 Å². The van der Waals surface area contributed by atoms with E-state index in [9.17, 15) is 9.59 Å². The van der Waals surface area contributed by atoms with E-state index in [4.69, 9.17) is 4.74 Å². The van der Waals surface area contributed by atoms with Crippen molar-refractivity contribution in [2.45, 2.75) is 26.4 Å². The highest BCUT2D eigenvalue weighted by Gasteiger charge is 2.33. The van der Waals surface area contributed by atoms with Gasteiger partial charge in [0.25, 0.3) is 0 Å². The van der Waals surface area contributed by atoms with Gasteiger partial charge in [-0.15, -0.1) is 0 Å². The van der Waals surface area contributed by atoms with Crippen LogP contribution in [-0.2, 0) is 27.4 Å². The summed E-state index contributed by atoms with van der Waals surface area (Å²) >= 11 is 2.86. The number of hydrogen-bond acceptors (Lipinski definition) is 6. The van der Waals surface area contributed by atoms with Crippen molar-refractivity contribution in [3.8, 4) is 0 Å². The minimum Gasteiger partial charge on any atom is -0.375 e. The van der Waals surface area contributed by atoms with Crippen LogP contribution in [0.1, 0.15) is 23.9 Å². The number of fused-ring (bicyclic) bond motifs is 1. The molecule has 3 heterocycles. The van der Waals surface area contributed by atoms with Crippen LogP contribution in [0, 0.1) is 5.92 Å². The van der Waals surface area contributed by atoms with Gasteiger partial charge >= 0.3 is 0 Å². The predicted molar refractivity (Wildman–Crippen MR) is 79.1 cm³/mol. The van der Waals surface area contributed by atoms with Gasteiger partial charge in [0.1, 0.15) is 0 Å². The molecule has 1 saturated heterocycles. The van der Waals surface area contributed by atoms with Crippen LogP contribution in [0.3, 0.4) is 0 Å². The van der Waals surface area contributed by atoms with E-state index in [1.54, 1.807) is 23.2 Å². The summed E-state index contributed by atoms with van der Waals surface area (Å²) in [5.41, 5.74) is 1.07. The Labute approximate surface area is 125 Å². The fourth-order valence-corrected chi connectivity index (χ4v) is 4.20. The first-order valence-electron chi connectivity index (χ1n) is 6.63. The SMILES string of the molecule is CC(=O)SCC1CC(=O)N(c2nc3c(s2)COCC3)C1. The third-order valence-electron chi connectivity index (χ3n) is 3.44. The van der Waals surface area contributed by atoms with Crippen molar-refractivity contribution in [2.24, 2.45) is 5.92 Å². The summed E-state index contributed by atoms with van der Waals surface area (Å²) < 4.78 is 5.41. The standard InChI is InChI=1S/C13H16N2O3S2/c1-8(16)19-7-9-4-12(17)15(5-9)13-14-10-2-3-18-6-11(10)20-13/h9H,2-7H2,1H3. The lowest BCUT2D eigenvalue weighted by molar-refractivity contribution is -0.117. The monoisotopic (exact) mass is 312 g/mol. The number of anilines is 1. The lowest BCUT2D eigenvalue weighted by atomic mass is 10.1. The first-order chi connectivity index (χ1) is 9.63. The van der Waals surface area contributed by atoms with E-state index in [0.717, 1.165) is 22.1 Å². The molecule has 1 unspecified atom stereocenters. The number of carbonyl (C=O) groups is 2. The normalized spacial score (nSPS) is 22.1. The number of rotatable bonds is 3. The molecule has 0 saturated carbocycles. The van der Waals surface area contributed by atoms with Crippen molar-refractivity contribution in [3.63, 3.8) is 0 Å².